The lowest BCUT2D eigenvalue weighted by molar-refractivity contribution is 0.188. The van der Waals surface area contributed by atoms with Crippen molar-refractivity contribution in [1.29, 1.82) is 0 Å². The molecule has 0 saturated carbocycles. The summed E-state index contributed by atoms with van der Waals surface area (Å²) in [6.45, 7) is 5.33. The molecule has 0 spiro atoms. The van der Waals surface area contributed by atoms with E-state index in [-0.39, 0.29) is 12.1 Å². The van der Waals surface area contributed by atoms with Gasteiger partial charge in [0.2, 0.25) is 11.8 Å². The topological polar surface area (TPSA) is 92.3 Å². The minimum Gasteiger partial charge on any atom is -0.478 e. The Bertz CT molecular complexity index is 1160. The van der Waals surface area contributed by atoms with Crippen molar-refractivity contribution in [2.75, 3.05) is 18.5 Å². The zero-order valence-corrected chi connectivity index (χ0v) is 19.8. The third-order valence-electron chi connectivity index (χ3n) is 5.30. The number of anilines is 2. The summed E-state index contributed by atoms with van der Waals surface area (Å²) in [6, 6.07) is 8.56. The molecule has 33 heavy (non-hydrogen) atoms. The lowest BCUT2D eigenvalue weighted by Gasteiger charge is -2.29. The number of fused-ring (bicyclic) bond motifs is 1. The van der Waals surface area contributed by atoms with Crippen LogP contribution in [0.3, 0.4) is 0 Å². The first-order valence-corrected chi connectivity index (χ1v) is 11.4. The van der Waals surface area contributed by atoms with Crippen LogP contribution in [0.4, 0.5) is 16.4 Å². The molecule has 3 heterocycles. The summed E-state index contributed by atoms with van der Waals surface area (Å²) in [5.41, 5.74) is 3.50. The van der Waals surface area contributed by atoms with Gasteiger partial charge in [-0.2, -0.15) is 0 Å². The van der Waals surface area contributed by atoms with Gasteiger partial charge < -0.3 is 20.3 Å². The van der Waals surface area contributed by atoms with Gasteiger partial charge in [-0.25, -0.2) is 19.7 Å². The van der Waals surface area contributed by atoms with Crippen molar-refractivity contribution in [3.63, 3.8) is 0 Å². The zero-order chi connectivity index (χ0) is 23.4. The van der Waals surface area contributed by atoms with E-state index < -0.39 is 0 Å². The van der Waals surface area contributed by atoms with Gasteiger partial charge in [-0.3, -0.25) is 0 Å². The van der Waals surface area contributed by atoms with E-state index >= 15 is 0 Å². The molecule has 2 amide bonds. The molecule has 3 aromatic rings. The Hall–Kier alpha value is -3.10. The number of halogens is 2. The Balaban J connectivity index is 1.42. The van der Waals surface area contributed by atoms with Crippen molar-refractivity contribution in [1.82, 2.24) is 25.2 Å². The SMILES string of the molecule is CCOc1cc(Nc2ncc3c(n2)CN(C(=O)NC(C)c2ccc(Cl)c(Cl)c2)CC3)ccn1. The van der Waals surface area contributed by atoms with Crippen LogP contribution >= 0.6 is 23.2 Å². The summed E-state index contributed by atoms with van der Waals surface area (Å²) >= 11 is 12.1. The fraction of sp³-hybridized carbons (Fsp3) is 0.304. The summed E-state index contributed by atoms with van der Waals surface area (Å²) in [5.74, 6) is 0.980. The van der Waals surface area contributed by atoms with Crippen LogP contribution in [0.25, 0.3) is 0 Å². The second-order valence-electron chi connectivity index (χ2n) is 7.62. The van der Waals surface area contributed by atoms with E-state index in [1.165, 1.54) is 0 Å². The molecule has 0 aliphatic carbocycles. The Kier molecular flexibility index (Phi) is 7.15. The van der Waals surface area contributed by atoms with Gasteiger partial charge in [0.25, 0.3) is 0 Å². The predicted octanol–water partition coefficient (Wildman–Crippen LogP) is 5.15. The largest absolute Gasteiger partial charge is 0.478 e. The van der Waals surface area contributed by atoms with Gasteiger partial charge in [0.15, 0.2) is 0 Å². The molecule has 4 rings (SSSR count). The number of ether oxygens (including phenoxy) is 1. The first-order chi connectivity index (χ1) is 15.9. The van der Waals surface area contributed by atoms with Crippen LogP contribution in [0.2, 0.25) is 10.0 Å². The molecule has 1 aliphatic rings. The van der Waals surface area contributed by atoms with Crippen molar-refractivity contribution in [3.8, 4) is 5.88 Å². The van der Waals surface area contributed by atoms with Crippen molar-refractivity contribution < 1.29 is 9.53 Å². The van der Waals surface area contributed by atoms with Crippen molar-refractivity contribution in [3.05, 3.63) is 69.6 Å². The molecule has 1 atom stereocenters. The summed E-state index contributed by atoms with van der Waals surface area (Å²) in [6.07, 6.45) is 4.16. The second kappa shape index (κ2) is 10.2. The Morgan fingerprint density at radius 2 is 2.06 bits per heavy atom. The molecule has 0 saturated heterocycles. The van der Waals surface area contributed by atoms with E-state index in [4.69, 9.17) is 27.9 Å². The Morgan fingerprint density at radius 3 is 2.85 bits per heavy atom. The normalized spacial score (nSPS) is 13.8. The van der Waals surface area contributed by atoms with E-state index in [1.54, 1.807) is 29.3 Å². The molecule has 8 nitrogen and oxygen atoms in total. The fourth-order valence-electron chi connectivity index (χ4n) is 3.52. The predicted molar refractivity (Wildman–Crippen MR) is 128 cm³/mol. The molecule has 0 fully saturated rings. The second-order valence-corrected chi connectivity index (χ2v) is 8.44. The highest BCUT2D eigenvalue weighted by molar-refractivity contribution is 6.42. The third kappa shape index (κ3) is 5.64. The number of nitrogens with one attached hydrogen (secondary N) is 2. The van der Waals surface area contributed by atoms with Gasteiger partial charge in [-0.15, -0.1) is 0 Å². The van der Waals surface area contributed by atoms with Gasteiger partial charge in [0, 0.05) is 30.7 Å². The standard InChI is InChI=1S/C23H24Cl2N6O2/c1-3-33-21-11-17(6-8-26-21)29-22-27-12-16-7-9-31(13-20(16)30-22)23(32)28-14(2)15-4-5-18(24)19(25)10-15/h4-6,8,10-12,14H,3,7,9,13H2,1-2H3,(H,28,32)(H,26,27,29,30). The molecule has 172 valence electrons. The monoisotopic (exact) mass is 486 g/mol. The minimum atomic E-state index is -0.220. The van der Waals surface area contributed by atoms with Gasteiger partial charge >= 0.3 is 6.03 Å². The number of hydrogen-bond acceptors (Lipinski definition) is 6. The molecule has 2 aromatic heterocycles. The van der Waals surface area contributed by atoms with Gasteiger partial charge in [-0.1, -0.05) is 29.3 Å². The maximum Gasteiger partial charge on any atom is 0.318 e. The van der Waals surface area contributed by atoms with E-state index in [0.29, 0.717) is 48.0 Å². The highest BCUT2D eigenvalue weighted by atomic mass is 35.5. The van der Waals surface area contributed by atoms with Gasteiger partial charge in [0.1, 0.15) is 0 Å². The highest BCUT2D eigenvalue weighted by Crippen LogP contribution is 2.26. The molecule has 0 radical (unpaired) electrons. The van der Waals surface area contributed by atoms with Crippen molar-refractivity contribution in [2.45, 2.75) is 32.9 Å². The van der Waals surface area contributed by atoms with Crippen molar-refractivity contribution in [2.24, 2.45) is 0 Å². The van der Waals surface area contributed by atoms with Gasteiger partial charge in [-0.05, 0) is 49.6 Å². The number of rotatable bonds is 6. The summed E-state index contributed by atoms with van der Waals surface area (Å²) in [5, 5.41) is 7.14. The molecule has 0 bridgehead atoms. The summed E-state index contributed by atoms with van der Waals surface area (Å²) in [4.78, 5) is 27.8. The number of pyridine rings is 1. The smallest absolute Gasteiger partial charge is 0.318 e. The number of benzene rings is 1. The number of hydrogen-bond donors (Lipinski definition) is 2. The molecule has 1 unspecified atom stereocenters. The fourth-order valence-corrected chi connectivity index (χ4v) is 3.83. The van der Waals surface area contributed by atoms with Crippen LogP contribution in [0.1, 0.15) is 36.7 Å². The average molecular weight is 487 g/mol. The first kappa shape index (κ1) is 23.1. The zero-order valence-electron chi connectivity index (χ0n) is 18.3. The third-order valence-corrected chi connectivity index (χ3v) is 6.04. The maximum absolute atomic E-state index is 12.9. The summed E-state index contributed by atoms with van der Waals surface area (Å²) < 4.78 is 5.43. The molecule has 10 heteroatoms. The van der Waals surface area contributed by atoms with Crippen LogP contribution in [0, 0.1) is 0 Å². The van der Waals surface area contributed by atoms with Crippen LogP contribution < -0.4 is 15.4 Å². The summed E-state index contributed by atoms with van der Waals surface area (Å²) in [7, 11) is 0. The lowest BCUT2D eigenvalue weighted by atomic mass is 10.1. The van der Waals surface area contributed by atoms with E-state index in [2.05, 4.69) is 25.6 Å². The van der Waals surface area contributed by atoms with Crippen molar-refractivity contribution >= 4 is 40.9 Å². The quantitative estimate of drug-likeness (QED) is 0.500. The van der Waals surface area contributed by atoms with E-state index in [0.717, 1.165) is 22.5 Å². The first-order valence-electron chi connectivity index (χ1n) is 10.6. The number of urea groups is 1. The van der Waals surface area contributed by atoms with E-state index in [1.807, 2.05) is 32.2 Å². The lowest BCUT2D eigenvalue weighted by Crippen LogP contribution is -2.43. The Labute approximate surface area is 202 Å². The molecular weight excluding hydrogens is 463 g/mol. The van der Waals surface area contributed by atoms with Crippen LogP contribution in [-0.2, 0) is 13.0 Å². The number of amides is 2. The van der Waals surface area contributed by atoms with Crippen LogP contribution in [0.15, 0.2) is 42.7 Å². The number of carbonyl (C=O) groups is 1. The molecule has 2 N–H and O–H groups in total. The molecule has 1 aliphatic heterocycles. The highest BCUT2D eigenvalue weighted by Gasteiger charge is 2.24. The molecular formula is C23H24Cl2N6O2. The van der Waals surface area contributed by atoms with Gasteiger partial charge in [0.05, 0.1) is 34.9 Å². The van der Waals surface area contributed by atoms with Crippen LogP contribution in [-0.4, -0.2) is 39.0 Å². The number of nitrogens with zero attached hydrogens (tertiary/aromatic N) is 4. The minimum absolute atomic E-state index is 0.164. The number of carbonyl (C=O) groups excluding carboxylic acids is 1. The average Bonchev–Trinajstić information content (AvgIpc) is 2.80. The number of aromatic nitrogens is 3. The maximum atomic E-state index is 12.9. The Morgan fingerprint density at radius 1 is 1.21 bits per heavy atom. The van der Waals surface area contributed by atoms with Crippen LogP contribution in [0.5, 0.6) is 5.88 Å². The van der Waals surface area contributed by atoms with E-state index in [9.17, 15) is 4.79 Å². The molecule has 1 aromatic carbocycles.